The van der Waals surface area contributed by atoms with Gasteiger partial charge in [0, 0.05) is 13.0 Å². The first-order valence-corrected chi connectivity index (χ1v) is 10.3. The van der Waals surface area contributed by atoms with Crippen LogP contribution in [-0.4, -0.2) is 26.6 Å². The van der Waals surface area contributed by atoms with Gasteiger partial charge in [-0.15, -0.1) is 11.3 Å². The first-order valence-electron chi connectivity index (χ1n) is 9.37. The summed E-state index contributed by atoms with van der Waals surface area (Å²) in [5, 5.41) is 9.34. The van der Waals surface area contributed by atoms with Crippen molar-refractivity contribution in [2.75, 3.05) is 6.54 Å². The van der Waals surface area contributed by atoms with E-state index in [1.807, 2.05) is 35.8 Å². The zero-order valence-electron chi connectivity index (χ0n) is 15.9. The molecule has 0 unspecified atom stereocenters. The van der Waals surface area contributed by atoms with Gasteiger partial charge < -0.3 is 5.32 Å². The number of hydrogen-bond donors (Lipinski definition) is 1. The lowest BCUT2D eigenvalue weighted by molar-refractivity contribution is -0.121. The summed E-state index contributed by atoms with van der Waals surface area (Å²) in [6.45, 7) is 4.50. The number of carbonyl (C=O) groups excluding carboxylic acids is 1. The van der Waals surface area contributed by atoms with E-state index in [9.17, 15) is 9.59 Å². The van der Waals surface area contributed by atoms with Gasteiger partial charge in [-0.2, -0.15) is 5.10 Å². The number of nitrogens with one attached hydrogen (secondary N) is 1. The SMILES string of the molecule is CCc1nn(CC(=O)NCCc2ccc(C)cc2)c(=O)c2cc3sccc3n12. The number of aromatic nitrogens is 3. The van der Waals surface area contributed by atoms with E-state index in [0.717, 1.165) is 22.5 Å². The second-order valence-corrected chi connectivity index (χ2v) is 7.80. The number of rotatable bonds is 6. The highest BCUT2D eigenvalue weighted by Gasteiger charge is 2.15. The van der Waals surface area contributed by atoms with Gasteiger partial charge in [-0.25, -0.2) is 4.68 Å². The van der Waals surface area contributed by atoms with Crippen molar-refractivity contribution in [2.24, 2.45) is 0 Å². The van der Waals surface area contributed by atoms with Gasteiger partial charge in [0.1, 0.15) is 17.9 Å². The molecule has 1 N–H and O–H groups in total. The molecule has 4 rings (SSSR count). The summed E-state index contributed by atoms with van der Waals surface area (Å²) in [6.07, 6.45) is 1.42. The van der Waals surface area contributed by atoms with Crippen molar-refractivity contribution < 1.29 is 4.79 Å². The van der Waals surface area contributed by atoms with Crippen LogP contribution in [0.5, 0.6) is 0 Å². The molecular formula is C21H22N4O2S. The van der Waals surface area contributed by atoms with Crippen LogP contribution in [0.2, 0.25) is 0 Å². The van der Waals surface area contributed by atoms with Crippen LogP contribution in [0.4, 0.5) is 0 Å². The minimum Gasteiger partial charge on any atom is -0.354 e. The van der Waals surface area contributed by atoms with Crippen molar-refractivity contribution >= 4 is 33.0 Å². The predicted molar refractivity (Wildman–Crippen MR) is 112 cm³/mol. The molecule has 0 spiro atoms. The molecule has 3 aromatic heterocycles. The third-order valence-corrected chi connectivity index (χ3v) is 5.69. The quantitative estimate of drug-likeness (QED) is 0.547. The minimum atomic E-state index is -0.241. The maximum atomic E-state index is 12.8. The van der Waals surface area contributed by atoms with Gasteiger partial charge in [-0.3, -0.25) is 14.0 Å². The zero-order chi connectivity index (χ0) is 19.7. The van der Waals surface area contributed by atoms with Gasteiger partial charge >= 0.3 is 0 Å². The summed E-state index contributed by atoms with van der Waals surface area (Å²) in [4.78, 5) is 25.2. The van der Waals surface area contributed by atoms with Crippen molar-refractivity contribution in [3.63, 3.8) is 0 Å². The van der Waals surface area contributed by atoms with E-state index in [1.165, 1.54) is 15.8 Å². The average molecular weight is 395 g/mol. The van der Waals surface area contributed by atoms with Crippen LogP contribution >= 0.6 is 11.3 Å². The molecular weight excluding hydrogens is 372 g/mol. The van der Waals surface area contributed by atoms with Crippen LogP contribution in [0.25, 0.3) is 15.7 Å². The van der Waals surface area contributed by atoms with Crippen molar-refractivity contribution in [3.05, 3.63) is 69.1 Å². The van der Waals surface area contributed by atoms with Gasteiger partial charge in [0.25, 0.3) is 5.56 Å². The van der Waals surface area contributed by atoms with E-state index in [0.29, 0.717) is 18.5 Å². The number of thiophene rings is 1. The molecule has 0 bridgehead atoms. The molecule has 0 aliphatic carbocycles. The van der Waals surface area contributed by atoms with Gasteiger partial charge in [-0.05, 0) is 36.4 Å². The average Bonchev–Trinajstić information content (AvgIpc) is 3.27. The number of carbonyl (C=O) groups is 1. The van der Waals surface area contributed by atoms with E-state index in [2.05, 4.69) is 34.7 Å². The summed E-state index contributed by atoms with van der Waals surface area (Å²) in [5.41, 5.74) is 3.71. The van der Waals surface area contributed by atoms with Crippen molar-refractivity contribution in [3.8, 4) is 0 Å². The Labute approximate surface area is 166 Å². The Morgan fingerprint density at radius 1 is 1.18 bits per heavy atom. The Hall–Kier alpha value is -2.93. The second kappa shape index (κ2) is 7.59. The van der Waals surface area contributed by atoms with Crippen molar-refractivity contribution in [1.82, 2.24) is 19.5 Å². The number of benzene rings is 1. The molecule has 144 valence electrons. The van der Waals surface area contributed by atoms with E-state index < -0.39 is 0 Å². The lowest BCUT2D eigenvalue weighted by atomic mass is 10.1. The third kappa shape index (κ3) is 3.45. The zero-order valence-corrected chi connectivity index (χ0v) is 16.8. The highest BCUT2D eigenvalue weighted by Crippen LogP contribution is 2.24. The predicted octanol–water partition coefficient (Wildman–Crippen LogP) is 2.94. The Bertz CT molecular complexity index is 1200. The van der Waals surface area contributed by atoms with Crippen LogP contribution in [-0.2, 0) is 24.2 Å². The molecule has 0 radical (unpaired) electrons. The number of hydrogen-bond acceptors (Lipinski definition) is 4. The fraction of sp³-hybridized carbons (Fsp3) is 0.286. The van der Waals surface area contributed by atoms with Gasteiger partial charge in [-0.1, -0.05) is 36.8 Å². The van der Waals surface area contributed by atoms with E-state index >= 15 is 0 Å². The molecule has 3 heterocycles. The van der Waals surface area contributed by atoms with Crippen molar-refractivity contribution in [2.45, 2.75) is 33.2 Å². The highest BCUT2D eigenvalue weighted by molar-refractivity contribution is 7.17. The molecule has 0 saturated carbocycles. The van der Waals surface area contributed by atoms with Crippen LogP contribution < -0.4 is 10.9 Å². The molecule has 0 atom stereocenters. The van der Waals surface area contributed by atoms with Gasteiger partial charge in [0.2, 0.25) is 5.91 Å². The van der Waals surface area contributed by atoms with E-state index in [-0.39, 0.29) is 18.0 Å². The van der Waals surface area contributed by atoms with Crippen LogP contribution in [0.3, 0.4) is 0 Å². The summed E-state index contributed by atoms with van der Waals surface area (Å²) in [5.74, 6) is 0.567. The van der Waals surface area contributed by atoms with Gasteiger partial charge in [0.15, 0.2) is 0 Å². The standard InChI is InChI=1S/C21H22N4O2S/c1-3-19-23-24(21(27)17-12-18-16(25(17)19)9-11-28-18)13-20(26)22-10-8-15-6-4-14(2)5-7-15/h4-7,9,11-12H,3,8,10,13H2,1-2H3,(H,22,26). The molecule has 7 heteroatoms. The normalized spacial score (nSPS) is 11.4. The van der Waals surface area contributed by atoms with Crippen molar-refractivity contribution in [1.29, 1.82) is 0 Å². The minimum absolute atomic E-state index is 0.0743. The molecule has 6 nitrogen and oxygen atoms in total. The number of fused-ring (bicyclic) bond motifs is 3. The van der Waals surface area contributed by atoms with Crippen LogP contribution in [0, 0.1) is 6.92 Å². The molecule has 1 aromatic carbocycles. The Morgan fingerprint density at radius 3 is 2.71 bits per heavy atom. The second-order valence-electron chi connectivity index (χ2n) is 6.85. The molecule has 4 aromatic rings. The van der Waals surface area contributed by atoms with Crippen LogP contribution in [0.15, 0.2) is 46.6 Å². The van der Waals surface area contributed by atoms with Crippen LogP contribution in [0.1, 0.15) is 23.9 Å². The maximum Gasteiger partial charge on any atom is 0.291 e. The molecule has 28 heavy (non-hydrogen) atoms. The number of aryl methyl sites for hydroxylation is 2. The van der Waals surface area contributed by atoms with Gasteiger partial charge in [0.05, 0.1) is 10.2 Å². The summed E-state index contributed by atoms with van der Waals surface area (Å²) < 4.78 is 4.23. The molecule has 0 aliphatic heterocycles. The van der Waals surface area contributed by atoms with E-state index in [1.54, 1.807) is 11.3 Å². The first kappa shape index (κ1) is 18.4. The number of amides is 1. The smallest absolute Gasteiger partial charge is 0.291 e. The fourth-order valence-corrected chi connectivity index (χ4v) is 4.15. The summed E-state index contributed by atoms with van der Waals surface area (Å²) in [7, 11) is 0. The molecule has 1 amide bonds. The maximum absolute atomic E-state index is 12.8. The monoisotopic (exact) mass is 394 g/mol. The lowest BCUT2D eigenvalue weighted by Gasteiger charge is -2.10. The third-order valence-electron chi connectivity index (χ3n) is 4.84. The number of nitrogens with zero attached hydrogens (tertiary/aromatic N) is 3. The topological polar surface area (TPSA) is 68.4 Å². The molecule has 0 fully saturated rings. The summed E-state index contributed by atoms with van der Waals surface area (Å²) in [6, 6.07) is 12.1. The fourth-order valence-electron chi connectivity index (χ4n) is 3.35. The lowest BCUT2D eigenvalue weighted by Crippen LogP contribution is -2.36. The largest absolute Gasteiger partial charge is 0.354 e. The first-order chi connectivity index (χ1) is 13.6. The molecule has 0 aliphatic rings. The Kier molecular flexibility index (Phi) is 5.00. The van der Waals surface area contributed by atoms with E-state index in [4.69, 9.17) is 0 Å². The summed E-state index contributed by atoms with van der Waals surface area (Å²) >= 11 is 1.59. The Morgan fingerprint density at radius 2 is 1.96 bits per heavy atom. The highest BCUT2D eigenvalue weighted by atomic mass is 32.1. The molecule has 0 saturated heterocycles. The Balaban J connectivity index is 1.50.